The lowest BCUT2D eigenvalue weighted by molar-refractivity contribution is -0.897. The minimum absolute atomic E-state index is 0.00274. The smallest absolute Gasteiger partial charge is 0.309 e. The maximum atomic E-state index is 12.1. The summed E-state index contributed by atoms with van der Waals surface area (Å²) in [5, 5.41) is 2.92. The van der Waals surface area contributed by atoms with E-state index in [-0.39, 0.29) is 17.8 Å². The predicted molar refractivity (Wildman–Crippen MR) is 92.7 cm³/mol. The van der Waals surface area contributed by atoms with Gasteiger partial charge in [-0.3, -0.25) is 9.59 Å². The van der Waals surface area contributed by atoms with Crippen LogP contribution in [0, 0.1) is 9.49 Å². The summed E-state index contributed by atoms with van der Waals surface area (Å²) in [6, 6.07) is 7.74. The average Bonchev–Trinajstić information content (AvgIpc) is 2.50. The lowest BCUT2D eigenvalue weighted by atomic mass is 9.97. The lowest BCUT2D eigenvalue weighted by Gasteiger charge is -2.27. The molecule has 0 aromatic heterocycles. The Hall–Kier alpha value is -1.15. The molecule has 0 spiro atoms. The predicted octanol–water partition coefficient (Wildman–Crippen LogP) is 1.09. The molecular weight excluding hydrogens is 395 g/mol. The van der Waals surface area contributed by atoms with E-state index < -0.39 is 0 Å². The van der Waals surface area contributed by atoms with E-state index in [0.717, 1.165) is 35.2 Å². The van der Waals surface area contributed by atoms with Gasteiger partial charge in [0.1, 0.15) is 0 Å². The number of carbonyl (C=O) groups excluding carboxylic acids is 2. The highest BCUT2D eigenvalue weighted by Gasteiger charge is 2.29. The second kappa shape index (κ2) is 8.47. The molecule has 0 atom stereocenters. The number of rotatable bonds is 5. The molecule has 120 valence electrons. The van der Waals surface area contributed by atoms with Crippen molar-refractivity contribution in [1.82, 2.24) is 0 Å². The Morgan fingerprint density at radius 1 is 1.27 bits per heavy atom. The van der Waals surface area contributed by atoms with E-state index in [1.165, 1.54) is 4.90 Å². The zero-order chi connectivity index (χ0) is 15.9. The van der Waals surface area contributed by atoms with E-state index in [0.29, 0.717) is 13.2 Å². The van der Waals surface area contributed by atoms with Gasteiger partial charge in [-0.15, -0.1) is 0 Å². The van der Waals surface area contributed by atoms with Crippen LogP contribution < -0.4 is 10.2 Å². The van der Waals surface area contributed by atoms with E-state index in [1.807, 2.05) is 31.2 Å². The van der Waals surface area contributed by atoms with Crippen molar-refractivity contribution in [2.75, 3.05) is 31.6 Å². The molecule has 1 saturated heterocycles. The van der Waals surface area contributed by atoms with Crippen LogP contribution in [0.2, 0.25) is 0 Å². The number of halogens is 1. The summed E-state index contributed by atoms with van der Waals surface area (Å²) in [4.78, 5) is 25.0. The van der Waals surface area contributed by atoms with Crippen molar-refractivity contribution in [3.63, 3.8) is 0 Å². The summed E-state index contributed by atoms with van der Waals surface area (Å²) in [5.74, 6) is -0.0707. The zero-order valence-corrected chi connectivity index (χ0v) is 14.9. The number of hydrogen-bond donors (Lipinski definition) is 2. The summed E-state index contributed by atoms with van der Waals surface area (Å²) >= 11 is 2.23. The summed E-state index contributed by atoms with van der Waals surface area (Å²) in [6.45, 7) is 4.38. The molecule has 1 fully saturated rings. The summed E-state index contributed by atoms with van der Waals surface area (Å²) in [7, 11) is 0. The minimum atomic E-state index is -0.0927. The molecule has 0 radical (unpaired) electrons. The van der Waals surface area contributed by atoms with Crippen LogP contribution in [0.25, 0.3) is 0 Å². The molecule has 2 N–H and O–H groups in total. The number of anilines is 1. The highest BCUT2D eigenvalue weighted by molar-refractivity contribution is 14.1. The van der Waals surface area contributed by atoms with E-state index in [2.05, 4.69) is 27.9 Å². The van der Waals surface area contributed by atoms with Crippen LogP contribution >= 0.6 is 22.6 Å². The fraction of sp³-hybridized carbons (Fsp3) is 0.500. The van der Waals surface area contributed by atoms with Gasteiger partial charge in [-0.2, -0.15) is 0 Å². The second-order valence-corrected chi connectivity index (χ2v) is 6.75. The summed E-state index contributed by atoms with van der Waals surface area (Å²) in [6.07, 6.45) is 1.59. The van der Waals surface area contributed by atoms with Gasteiger partial charge in [-0.25, -0.2) is 0 Å². The van der Waals surface area contributed by atoms with Gasteiger partial charge < -0.3 is 15.0 Å². The van der Waals surface area contributed by atoms with Crippen LogP contribution in [0.4, 0.5) is 5.69 Å². The summed E-state index contributed by atoms with van der Waals surface area (Å²) in [5.41, 5.74) is 0.825. The topological polar surface area (TPSA) is 59.8 Å². The quantitative estimate of drug-likeness (QED) is 0.557. The van der Waals surface area contributed by atoms with Crippen LogP contribution in [0.5, 0.6) is 0 Å². The van der Waals surface area contributed by atoms with Crippen LogP contribution in [0.3, 0.4) is 0 Å². The van der Waals surface area contributed by atoms with Gasteiger partial charge in [0.25, 0.3) is 5.91 Å². The molecule has 1 heterocycles. The van der Waals surface area contributed by atoms with Crippen molar-refractivity contribution in [2.24, 2.45) is 5.92 Å². The number of quaternary nitrogens is 1. The molecule has 6 heteroatoms. The molecule has 0 saturated carbocycles. The molecule has 1 aliphatic heterocycles. The Morgan fingerprint density at radius 2 is 1.91 bits per heavy atom. The Morgan fingerprint density at radius 3 is 2.50 bits per heavy atom. The molecule has 1 amide bonds. The van der Waals surface area contributed by atoms with Gasteiger partial charge in [0.2, 0.25) is 0 Å². The SMILES string of the molecule is CCOC(=O)C1CC[NH+](CC(=O)Nc2ccc(I)cc2)CC1. The normalized spacial score (nSPS) is 21.2. The molecule has 22 heavy (non-hydrogen) atoms. The first kappa shape index (κ1) is 17.2. The first-order valence-electron chi connectivity index (χ1n) is 7.64. The molecule has 2 rings (SSSR count). The third-order valence-corrected chi connectivity index (χ3v) is 4.57. The zero-order valence-electron chi connectivity index (χ0n) is 12.7. The number of carbonyl (C=O) groups is 2. The lowest BCUT2D eigenvalue weighted by Crippen LogP contribution is -3.14. The number of nitrogens with one attached hydrogen (secondary N) is 2. The fourth-order valence-electron chi connectivity index (χ4n) is 2.66. The van der Waals surface area contributed by atoms with Crippen molar-refractivity contribution < 1.29 is 19.2 Å². The number of amides is 1. The molecular formula is C16H22IN2O3+. The van der Waals surface area contributed by atoms with E-state index >= 15 is 0 Å². The molecule has 0 aliphatic carbocycles. The molecule has 1 aromatic rings. The van der Waals surface area contributed by atoms with Crippen molar-refractivity contribution in [3.8, 4) is 0 Å². The Labute approximate surface area is 144 Å². The number of ether oxygens (including phenoxy) is 1. The van der Waals surface area contributed by atoms with Crippen LogP contribution in [0.15, 0.2) is 24.3 Å². The van der Waals surface area contributed by atoms with Gasteiger partial charge in [-0.05, 0) is 53.8 Å². The van der Waals surface area contributed by atoms with E-state index in [9.17, 15) is 9.59 Å². The number of esters is 1. The monoisotopic (exact) mass is 417 g/mol. The van der Waals surface area contributed by atoms with Gasteiger partial charge in [0.15, 0.2) is 6.54 Å². The standard InChI is InChI=1S/C16H21IN2O3/c1-2-22-16(21)12-7-9-19(10-8-12)11-15(20)18-14-5-3-13(17)4-6-14/h3-6,12H,2,7-11H2,1H3,(H,18,20)/p+1. The third-order valence-electron chi connectivity index (χ3n) is 3.85. The van der Waals surface area contributed by atoms with Gasteiger partial charge >= 0.3 is 5.97 Å². The maximum Gasteiger partial charge on any atom is 0.309 e. The summed E-state index contributed by atoms with van der Waals surface area (Å²) < 4.78 is 6.20. The van der Waals surface area contributed by atoms with E-state index in [4.69, 9.17) is 4.74 Å². The molecule has 5 nitrogen and oxygen atoms in total. The Balaban J connectivity index is 1.74. The van der Waals surface area contributed by atoms with Gasteiger partial charge in [0, 0.05) is 22.1 Å². The number of benzene rings is 1. The molecule has 1 aromatic carbocycles. The van der Waals surface area contributed by atoms with Crippen molar-refractivity contribution in [1.29, 1.82) is 0 Å². The fourth-order valence-corrected chi connectivity index (χ4v) is 3.02. The number of likely N-dealkylation sites (tertiary alicyclic amines) is 1. The van der Waals surface area contributed by atoms with Crippen molar-refractivity contribution >= 4 is 40.2 Å². The minimum Gasteiger partial charge on any atom is -0.466 e. The first-order chi connectivity index (χ1) is 10.6. The highest BCUT2D eigenvalue weighted by atomic mass is 127. The number of piperidine rings is 1. The number of hydrogen-bond acceptors (Lipinski definition) is 3. The van der Waals surface area contributed by atoms with Crippen molar-refractivity contribution in [3.05, 3.63) is 27.8 Å². The maximum absolute atomic E-state index is 12.1. The Bertz CT molecular complexity index is 511. The van der Waals surface area contributed by atoms with Crippen LogP contribution in [-0.4, -0.2) is 38.1 Å². The van der Waals surface area contributed by atoms with Crippen LogP contribution in [0.1, 0.15) is 19.8 Å². The second-order valence-electron chi connectivity index (χ2n) is 5.51. The van der Waals surface area contributed by atoms with Crippen LogP contribution in [-0.2, 0) is 14.3 Å². The van der Waals surface area contributed by atoms with E-state index in [1.54, 1.807) is 0 Å². The van der Waals surface area contributed by atoms with Gasteiger partial charge in [-0.1, -0.05) is 0 Å². The first-order valence-corrected chi connectivity index (χ1v) is 8.72. The largest absolute Gasteiger partial charge is 0.466 e. The molecule has 0 unspecified atom stereocenters. The highest BCUT2D eigenvalue weighted by Crippen LogP contribution is 2.12. The van der Waals surface area contributed by atoms with Gasteiger partial charge in [0.05, 0.1) is 25.6 Å². The third kappa shape index (κ3) is 5.24. The molecule has 1 aliphatic rings. The average molecular weight is 417 g/mol. The van der Waals surface area contributed by atoms with Crippen molar-refractivity contribution in [2.45, 2.75) is 19.8 Å². The Kier molecular flexibility index (Phi) is 6.63. The molecule has 0 bridgehead atoms.